The lowest BCUT2D eigenvalue weighted by molar-refractivity contribution is -0.137. The van der Waals surface area contributed by atoms with Gasteiger partial charge in [0.2, 0.25) is 0 Å². The first-order valence-corrected chi connectivity index (χ1v) is 10.4. The second-order valence-corrected chi connectivity index (χ2v) is 9.28. The smallest absolute Gasteiger partial charge is 0.374 e. The molecule has 0 fully saturated rings. The van der Waals surface area contributed by atoms with Gasteiger partial charge in [0.1, 0.15) is 15.9 Å². The maximum absolute atomic E-state index is 12.8. The van der Waals surface area contributed by atoms with Gasteiger partial charge in [0.25, 0.3) is 0 Å². The summed E-state index contributed by atoms with van der Waals surface area (Å²) in [6, 6.07) is 30.5. The molecule has 2 nitrogen and oxygen atoms in total. The highest BCUT2D eigenvalue weighted by atomic mass is 31.2. The largest absolute Gasteiger partial charge is 0.460 e. The standard InChI is InChI=1S/C23H22O2P/c1-3-25-23(24)19(2)26(20-13-7-4-8-14-20,21-15-9-5-10-16-21)22-17-11-6-12-18-22/h4-18H,2-3H2,1H3/q+1. The normalized spacial score (nSPS) is 11.0. The monoisotopic (exact) mass is 361 g/mol. The summed E-state index contributed by atoms with van der Waals surface area (Å²) in [5.41, 5.74) is 0. The van der Waals surface area contributed by atoms with Gasteiger partial charge in [0.05, 0.1) is 6.61 Å². The Kier molecular flexibility index (Phi) is 5.65. The first-order valence-electron chi connectivity index (χ1n) is 8.63. The Morgan fingerprint density at radius 1 is 0.769 bits per heavy atom. The summed E-state index contributed by atoms with van der Waals surface area (Å²) in [7, 11) is -2.40. The topological polar surface area (TPSA) is 26.3 Å². The molecule has 0 bridgehead atoms. The van der Waals surface area contributed by atoms with Crippen molar-refractivity contribution in [1.82, 2.24) is 0 Å². The summed E-state index contributed by atoms with van der Waals surface area (Å²) >= 11 is 0. The van der Waals surface area contributed by atoms with E-state index in [1.165, 1.54) is 0 Å². The van der Waals surface area contributed by atoms with Gasteiger partial charge in [-0.1, -0.05) is 54.6 Å². The number of carbonyl (C=O) groups excluding carboxylic acids is 1. The van der Waals surface area contributed by atoms with Gasteiger partial charge in [-0.25, -0.2) is 4.79 Å². The number of ether oxygens (including phenoxy) is 1. The molecule has 3 heteroatoms. The maximum Gasteiger partial charge on any atom is 0.374 e. The molecule has 130 valence electrons. The van der Waals surface area contributed by atoms with Crippen molar-refractivity contribution >= 4 is 29.1 Å². The molecule has 0 aliphatic heterocycles. The van der Waals surface area contributed by atoms with Gasteiger partial charge in [-0.2, -0.15) is 0 Å². The molecular formula is C23H22O2P+. The molecule has 0 saturated heterocycles. The van der Waals surface area contributed by atoms with Crippen LogP contribution < -0.4 is 15.9 Å². The Bertz CT molecular complexity index is 777. The molecular weight excluding hydrogens is 339 g/mol. The van der Waals surface area contributed by atoms with Gasteiger partial charge in [-0.3, -0.25) is 0 Å². The number of benzene rings is 3. The fraction of sp³-hybridized carbons (Fsp3) is 0.0870. The molecule has 0 N–H and O–H groups in total. The van der Waals surface area contributed by atoms with Crippen molar-refractivity contribution in [3.05, 3.63) is 103 Å². The highest BCUT2D eigenvalue weighted by Crippen LogP contribution is 2.62. The Morgan fingerprint density at radius 3 is 1.42 bits per heavy atom. The van der Waals surface area contributed by atoms with Crippen LogP contribution in [0.1, 0.15) is 6.92 Å². The molecule has 3 aromatic rings. The van der Waals surface area contributed by atoms with Crippen LogP contribution in [-0.4, -0.2) is 12.6 Å². The molecule has 26 heavy (non-hydrogen) atoms. The third kappa shape index (κ3) is 3.21. The number of hydrogen-bond acceptors (Lipinski definition) is 2. The van der Waals surface area contributed by atoms with E-state index in [1.54, 1.807) is 0 Å². The molecule has 0 heterocycles. The Morgan fingerprint density at radius 2 is 1.12 bits per heavy atom. The van der Waals surface area contributed by atoms with Gasteiger partial charge < -0.3 is 4.74 Å². The first-order chi connectivity index (χ1) is 12.7. The highest BCUT2D eigenvalue weighted by molar-refractivity contribution is 7.99. The second-order valence-electron chi connectivity index (χ2n) is 5.84. The van der Waals surface area contributed by atoms with Crippen LogP contribution in [0.4, 0.5) is 0 Å². The molecule has 0 radical (unpaired) electrons. The number of hydrogen-bond donors (Lipinski definition) is 0. The minimum atomic E-state index is -2.40. The summed E-state index contributed by atoms with van der Waals surface area (Å²) in [4.78, 5) is 12.8. The predicted molar refractivity (Wildman–Crippen MR) is 111 cm³/mol. The van der Waals surface area contributed by atoms with E-state index in [2.05, 4.69) is 43.0 Å². The summed E-state index contributed by atoms with van der Waals surface area (Å²) in [5, 5.41) is 3.80. The van der Waals surface area contributed by atoms with Gasteiger partial charge in [-0.15, -0.1) is 0 Å². The van der Waals surface area contributed by atoms with E-state index in [4.69, 9.17) is 4.74 Å². The van der Waals surface area contributed by atoms with Crippen LogP contribution in [0.25, 0.3) is 0 Å². The number of carbonyl (C=O) groups is 1. The van der Waals surface area contributed by atoms with Crippen molar-refractivity contribution in [2.75, 3.05) is 6.61 Å². The van der Waals surface area contributed by atoms with E-state index in [9.17, 15) is 4.79 Å². The fourth-order valence-electron chi connectivity index (χ4n) is 3.22. The van der Waals surface area contributed by atoms with Crippen LogP contribution in [0.2, 0.25) is 0 Å². The summed E-state index contributed by atoms with van der Waals surface area (Å²) < 4.78 is 5.36. The minimum absolute atomic E-state index is 0.330. The van der Waals surface area contributed by atoms with Crippen LogP contribution in [0.15, 0.2) is 103 Å². The molecule has 3 rings (SSSR count). The minimum Gasteiger partial charge on any atom is -0.460 e. The van der Waals surface area contributed by atoms with Crippen molar-refractivity contribution in [2.24, 2.45) is 0 Å². The maximum atomic E-state index is 12.8. The number of esters is 1. The van der Waals surface area contributed by atoms with Crippen molar-refractivity contribution < 1.29 is 9.53 Å². The molecule has 0 aromatic heterocycles. The number of rotatable bonds is 6. The third-order valence-electron chi connectivity index (χ3n) is 4.35. The lowest BCUT2D eigenvalue weighted by atomic mass is 10.4. The Hall–Kier alpha value is -2.70. The lowest BCUT2D eigenvalue weighted by Gasteiger charge is -2.27. The highest BCUT2D eigenvalue weighted by Gasteiger charge is 2.52. The molecule has 0 spiro atoms. The third-order valence-corrected chi connectivity index (χ3v) is 8.56. The van der Waals surface area contributed by atoms with E-state index >= 15 is 0 Å². The average Bonchev–Trinajstić information content (AvgIpc) is 2.71. The average molecular weight is 361 g/mol. The quantitative estimate of drug-likeness (QED) is 0.376. The lowest BCUT2D eigenvalue weighted by Crippen LogP contribution is -2.34. The zero-order valence-electron chi connectivity index (χ0n) is 14.8. The van der Waals surface area contributed by atoms with Crippen LogP contribution >= 0.6 is 7.26 Å². The van der Waals surface area contributed by atoms with E-state index < -0.39 is 7.26 Å². The van der Waals surface area contributed by atoms with Crippen molar-refractivity contribution in [2.45, 2.75) is 6.92 Å². The second kappa shape index (κ2) is 8.12. The zero-order valence-corrected chi connectivity index (χ0v) is 15.7. The Labute approximate surface area is 155 Å². The van der Waals surface area contributed by atoms with Crippen molar-refractivity contribution in [3.8, 4) is 0 Å². The molecule has 0 unspecified atom stereocenters. The SMILES string of the molecule is C=C(C(=O)OCC)[P+](c1ccccc1)(c1ccccc1)c1ccccc1. The van der Waals surface area contributed by atoms with Crippen molar-refractivity contribution in [1.29, 1.82) is 0 Å². The summed E-state index contributed by atoms with van der Waals surface area (Å²) in [5.74, 6) is -0.336. The summed E-state index contributed by atoms with van der Waals surface area (Å²) in [6.07, 6.45) is 0. The van der Waals surface area contributed by atoms with Crippen molar-refractivity contribution in [3.63, 3.8) is 0 Å². The van der Waals surface area contributed by atoms with Gasteiger partial charge >= 0.3 is 5.97 Å². The zero-order chi connectivity index (χ0) is 18.4. The molecule has 0 saturated carbocycles. The molecule has 3 aromatic carbocycles. The molecule has 0 aliphatic carbocycles. The van der Waals surface area contributed by atoms with E-state index in [0.29, 0.717) is 11.9 Å². The summed E-state index contributed by atoms with van der Waals surface area (Å²) in [6.45, 7) is 6.40. The van der Waals surface area contributed by atoms with Crippen LogP contribution in [0.5, 0.6) is 0 Å². The van der Waals surface area contributed by atoms with Gasteiger partial charge in [0.15, 0.2) is 12.6 Å². The molecule has 0 atom stereocenters. The van der Waals surface area contributed by atoms with E-state index in [1.807, 2.05) is 61.5 Å². The van der Waals surface area contributed by atoms with Crippen LogP contribution in [0.3, 0.4) is 0 Å². The Balaban J connectivity index is 2.36. The first kappa shape index (κ1) is 18.1. The van der Waals surface area contributed by atoms with Crippen LogP contribution in [-0.2, 0) is 9.53 Å². The fourth-order valence-corrected chi connectivity index (χ4v) is 7.25. The molecule has 0 aliphatic rings. The van der Waals surface area contributed by atoms with Crippen LogP contribution in [0, 0.1) is 0 Å². The van der Waals surface area contributed by atoms with Gasteiger partial charge in [-0.05, 0) is 49.9 Å². The van der Waals surface area contributed by atoms with E-state index in [0.717, 1.165) is 15.9 Å². The van der Waals surface area contributed by atoms with E-state index in [-0.39, 0.29) is 5.97 Å². The molecule has 0 amide bonds. The van der Waals surface area contributed by atoms with Gasteiger partial charge in [0, 0.05) is 0 Å². The predicted octanol–water partition coefficient (Wildman–Crippen LogP) is 4.06.